The SMILES string of the molecule is CCOc1ccc(N(Cc2cccc(-c3cc(OC)c(OC)c(OC)c3)c2)C2CCN(Cc3cncc(-c4cc(OC)c(OC)c(OC)c4)c3)CC2)cc1. The number of pyridine rings is 1. The predicted molar refractivity (Wildman–Crippen MR) is 213 cm³/mol. The molecule has 0 spiro atoms. The van der Waals surface area contributed by atoms with Gasteiger partial charge in [0.1, 0.15) is 5.75 Å². The summed E-state index contributed by atoms with van der Waals surface area (Å²) in [7, 11) is 9.78. The molecule has 1 aromatic heterocycles. The first-order chi connectivity index (χ1) is 26.4. The summed E-state index contributed by atoms with van der Waals surface area (Å²) in [4.78, 5) is 9.68. The maximum Gasteiger partial charge on any atom is 0.203 e. The van der Waals surface area contributed by atoms with Crippen molar-refractivity contribution in [3.63, 3.8) is 0 Å². The van der Waals surface area contributed by atoms with Crippen LogP contribution >= 0.6 is 0 Å². The zero-order valence-corrected chi connectivity index (χ0v) is 32.4. The molecule has 284 valence electrons. The Bertz CT molecular complexity index is 1940. The normalized spacial score (nSPS) is 13.2. The highest BCUT2D eigenvalue weighted by molar-refractivity contribution is 5.72. The summed E-state index contributed by atoms with van der Waals surface area (Å²) in [5.74, 6) is 4.51. The lowest BCUT2D eigenvalue weighted by atomic mass is 9.98. The highest BCUT2D eigenvalue weighted by Gasteiger charge is 2.26. The lowest BCUT2D eigenvalue weighted by Crippen LogP contribution is -2.44. The third-order valence-corrected chi connectivity index (χ3v) is 9.95. The maximum atomic E-state index is 5.79. The number of aromatic nitrogens is 1. The summed E-state index contributed by atoms with van der Waals surface area (Å²) in [6, 6.07) is 27.7. The van der Waals surface area contributed by atoms with Gasteiger partial charge in [-0.1, -0.05) is 18.2 Å². The van der Waals surface area contributed by atoms with Gasteiger partial charge in [-0.15, -0.1) is 0 Å². The molecule has 1 aliphatic rings. The van der Waals surface area contributed by atoms with Gasteiger partial charge in [0, 0.05) is 55.9 Å². The molecule has 10 heteroatoms. The Morgan fingerprint density at radius 3 is 1.70 bits per heavy atom. The van der Waals surface area contributed by atoms with Crippen molar-refractivity contribution in [1.82, 2.24) is 9.88 Å². The topological polar surface area (TPSA) is 84.0 Å². The fourth-order valence-corrected chi connectivity index (χ4v) is 7.25. The second-order valence-corrected chi connectivity index (χ2v) is 13.2. The Balaban J connectivity index is 1.20. The Labute approximate surface area is 319 Å². The lowest BCUT2D eigenvalue weighted by Gasteiger charge is -2.40. The number of anilines is 1. The van der Waals surface area contributed by atoms with Crippen LogP contribution in [0.5, 0.6) is 40.2 Å². The van der Waals surface area contributed by atoms with Gasteiger partial charge in [-0.3, -0.25) is 9.88 Å². The van der Waals surface area contributed by atoms with E-state index < -0.39 is 0 Å². The number of hydrogen-bond acceptors (Lipinski definition) is 10. The quantitative estimate of drug-likeness (QED) is 0.0984. The molecule has 10 nitrogen and oxygen atoms in total. The maximum absolute atomic E-state index is 5.79. The number of benzene rings is 4. The van der Waals surface area contributed by atoms with Gasteiger partial charge in [0.25, 0.3) is 0 Å². The number of methoxy groups -OCH3 is 6. The van der Waals surface area contributed by atoms with E-state index in [1.54, 1.807) is 42.7 Å². The predicted octanol–water partition coefficient (Wildman–Crippen LogP) is 8.54. The van der Waals surface area contributed by atoms with Crippen LogP contribution in [0.25, 0.3) is 22.3 Å². The monoisotopic (exact) mass is 733 g/mol. The summed E-state index contributed by atoms with van der Waals surface area (Å²) in [6.45, 7) is 6.16. The second kappa shape index (κ2) is 17.9. The molecule has 0 radical (unpaired) electrons. The van der Waals surface area contributed by atoms with Crippen molar-refractivity contribution in [2.75, 3.05) is 67.3 Å². The molecule has 1 aliphatic heterocycles. The van der Waals surface area contributed by atoms with E-state index in [1.165, 1.54) is 11.3 Å². The van der Waals surface area contributed by atoms with Gasteiger partial charge in [-0.25, -0.2) is 0 Å². The summed E-state index contributed by atoms with van der Waals surface area (Å²) in [5, 5.41) is 0. The summed E-state index contributed by atoms with van der Waals surface area (Å²) >= 11 is 0. The first-order valence-corrected chi connectivity index (χ1v) is 18.3. The molecule has 54 heavy (non-hydrogen) atoms. The van der Waals surface area contributed by atoms with Gasteiger partial charge < -0.3 is 38.1 Å². The molecule has 6 rings (SSSR count). The van der Waals surface area contributed by atoms with Gasteiger partial charge in [-0.05, 0) is 108 Å². The molecule has 0 unspecified atom stereocenters. The van der Waals surface area contributed by atoms with Crippen molar-refractivity contribution in [1.29, 1.82) is 0 Å². The Morgan fingerprint density at radius 1 is 0.611 bits per heavy atom. The van der Waals surface area contributed by atoms with Gasteiger partial charge in [0.15, 0.2) is 23.0 Å². The van der Waals surface area contributed by atoms with Crippen LogP contribution in [0, 0.1) is 0 Å². The fourth-order valence-electron chi connectivity index (χ4n) is 7.25. The minimum absolute atomic E-state index is 0.354. The van der Waals surface area contributed by atoms with Gasteiger partial charge in [0.2, 0.25) is 11.5 Å². The van der Waals surface area contributed by atoms with Crippen LogP contribution < -0.4 is 38.1 Å². The van der Waals surface area contributed by atoms with Crippen LogP contribution in [0.15, 0.2) is 91.3 Å². The van der Waals surface area contributed by atoms with Gasteiger partial charge >= 0.3 is 0 Å². The van der Waals surface area contributed by atoms with Crippen LogP contribution in [0.2, 0.25) is 0 Å². The standard InChI is InChI=1S/C44H51N3O7/c1-8-54-38-14-12-36(13-15-38)47(29-30-10-9-11-32(20-30)33-22-39(48-2)43(52-6)40(23-33)49-3)37-16-18-46(19-17-37)28-31-21-35(27-45-26-31)34-24-41(50-4)44(53-7)42(25-34)51-5/h9-15,20-27,37H,8,16-19,28-29H2,1-7H3. The average Bonchev–Trinajstić information content (AvgIpc) is 3.22. The summed E-state index contributed by atoms with van der Waals surface area (Å²) < 4.78 is 39.4. The molecule has 0 atom stereocenters. The molecule has 0 aliphatic carbocycles. The zero-order valence-electron chi connectivity index (χ0n) is 32.4. The molecule has 0 N–H and O–H groups in total. The molecule has 0 amide bonds. The third-order valence-electron chi connectivity index (χ3n) is 9.95. The van der Waals surface area contributed by atoms with Crippen LogP contribution in [-0.2, 0) is 13.1 Å². The number of hydrogen-bond donors (Lipinski definition) is 0. The van der Waals surface area contributed by atoms with Gasteiger partial charge in [-0.2, -0.15) is 0 Å². The van der Waals surface area contributed by atoms with E-state index in [4.69, 9.17) is 33.2 Å². The third kappa shape index (κ3) is 8.60. The number of rotatable bonds is 16. The molecule has 1 fully saturated rings. The summed E-state index contributed by atoms with van der Waals surface area (Å²) in [5.41, 5.74) is 7.58. The molecular formula is C44H51N3O7. The van der Waals surface area contributed by atoms with E-state index in [0.717, 1.165) is 72.6 Å². The highest BCUT2D eigenvalue weighted by Crippen LogP contribution is 2.43. The second-order valence-electron chi connectivity index (χ2n) is 13.2. The minimum Gasteiger partial charge on any atom is -0.494 e. The zero-order chi connectivity index (χ0) is 38.0. The first kappa shape index (κ1) is 38.1. The molecule has 5 aromatic rings. The summed E-state index contributed by atoms with van der Waals surface area (Å²) in [6.07, 6.45) is 5.89. The Morgan fingerprint density at radius 2 is 1.17 bits per heavy atom. The highest BCUT2D eigenvalue weighted by atomic mass is 16.5. The number of likely N-dealkylation sites (tertiary alicyclic amines) is 1. The fraction of sp³-hybridized carbons (Fsp3) is 0.341. The van der Waals surface area contributed by atoms with Crippen LogP contribution in [0.1, 0.15) is 30.9 Å². The van der Waals surface area contributed by atoms with Crippen molar-refractivity contribution >= 4 is 5.69 Å². The van der Waals surface area contributed by atoms with Crippen molar-refractivity contribution in [3.8, 4) is 62.5 Å². The van der Waals surface area contributed by atoms with Crippen LogP contribution in [0.3, 0.4) is 0 Å². The Hall–Kier alpha value is -5.61. The average molecular weight is 734 g/mol. The smallest absolute Gasteiger partial charge is 0.203 e. The van der Waals surface area contributed by atoms with E-state index >= 15 is 0 Å². The van der Waals surface area contributed by atoms with E-state index in [9.17, 15) is 0 Å². The Kier molecular flexibility index (Phi) is 12.7. The minimum atomic E-state index is 0.354. The van der Waals surface area contributed by atoms with E-state index in [2.05, 4.69) is 69.4 Å². The van der Waals surface area contributed by atoms with Crippen molar-refractivity contribution < 1.29 is 33.2 Å². The van der Waals surface area contributed by atoms with Crippen molar-refractivity contribution in [2.45, 2.75) is 38.9 Å². The molecule has 2 heterocycles. The largest absolute Gasteiger partial charge is 0.494 e. The molecule has 0 bridgehead atoms. The van der Waals surface area contributed by atoms with Crippen LogP contribution in [0.4, 0.5) is 5.69 Å². The molecular weight excluding hydrogens is 682 g/mol. The first-order valence-electron chi connectivity index (χ1n) is 18.3. The number of nitrogens with zero attached hydrogens (tertiary/aromatic N) is 3. The molecule has 4 aromatic carbocycles. The van der Waals surface area contributed by atoms with Crippen molar-refractivity contribution in [3.05, 3.63) is 102 Å². The molecule has 0 saturated carbocycles. The van der Waals surface area contributed by atoms with Gasteiger partial charge in [0.05, 0.1) is 49.3 Å². The van der Waals surface area contributed by atoms with E-state index in [0.29, 0.717) is 47.1 Å². The number of ether oxygens (including phenoxy) is 7. The molecule has 1 saturated heterocycles. The number of piperidine rings is 1. The van der Waals surface area contributed by atoms with E-state index in [1.807, 2.05) is 43.6 Å². The van der Waals surface area contributed by atoms with E-state index in [-0.39, 0.29) is 0 Å². The lowest BCUT2D eigenvalue weighted by molar-refractivity contribution is 0.200. The van der Waals surface area contributed by atoms with Crippen LogP contribution in [-0.4, -0.2) is 78.3 Å². The van der Waals surface area contributed by atoms with Crippen molar-refractivity contribution in [2.24, 2.45) is 0 Å².